The van der Waals surface area contributed by atoms with Gasteiger partial charge >= 0.3 is 0 Å². The molecule has 0 aromatic rings. The minimum atomic E-state index is -0.307. The van der Waals surface area contributed by atoms with Gasteiger partial charge in [0.25, 0.3) is 0 Å². The zero-order valence-corrected chi connectivity index (χ0v) is 16.2. The zero-order valence-electron chi connectivity index (χ0n) is 16.2. The Morgan fingerprint density at radius 1 is 0.885 bits per heavy atom. The summed E-state index contributed by atoms with van der Waals surface area (Å²) in [6.07, 6.45) is 7.63. The fraction of sp³-hybridized carbons (Fsp3) is 0.900. The average Bonchev–Trinajstić information content (AvgIpc) is 2.64. The van der Waals surface area contributed by atoms with Crippen molar-refractivity contribution in [2.75, 3.05) is 39.3 Å². The van der Waals surface area contributed by atoms with Gasteiger partial charge in [0.05, 0.1) is 12.6 Å². The molecule has 148 valence electrons. The van der Waals surface area contributed by atoms with E-state index < -0.39 is 0 Å². The highest BCUT2D eigenvalue weighted by Crippen LogP contribution is 2.27. The molecule has 26 heavy (non-hydrogen) atoms. The fourth-order valence-electron chi connectivity index (χ4n) is 4.69. The van der Waals surface area contributed by atoms with Crippen LogP contribution in [-0.4, -0.2) is 83.0 Å². The summed E-state index contributed by atoms with van der Waals surface area (Å²) in [6, 6.07) is 0.362. The van der Waals surface area contributed by atoms with Gasteiger partial charge in [0.15, 0.2) is 0 Å². The maximum absolute atomic E-state index is 12.6. The predicted octanol–water partition coefficient (Wildman–Crippen LogP) is 1.47. The molecule has 0 spiro atoms. The van der Waals surface area contributed by atoms with Crippen LogP contribution in [0.4, 0.5) is 0 Å². The molecule has 3 fully saturated rings. The number of amides is 2. The first kappa shape index (κ1) is 19.6. The van der Waals surface area contributed by atoms with Crippen molar-refractivity contribution in [3.8, 4) is 0 Å². The molecule has 1 N–H and O–H groups in total. The van der Waals surface area contributed by atoms with Crippen LogP contribution in [0.15, 0.2) is 0 Å². The van der Waals surface area contributed by atoms with Crippen molar-refractivity contribution in [3.63, 3.8) is 0 Å². The summed E-state index contributed by atoms with van der Waals surface area (Å²) >= 11 is 0. The number of piperazine rings is 1. The van der Waals surface area contributed by atoms with Crippen LogP contribution in [0, 0.1) is 5.92 Å². The van der Waals surface area contributed by atoms with Gasteiger partial charge < -0.3 is 14.9 Å². The van der Waals surface area contributed by atoms with Gasteiger partial charge in [-0.25, -0.2) is 0 Å². The summed E-state index contributed by atoms with van der Waals surface area (Å²) in [5, 5.41) is 10.1. The van der Waals surface area contributed by atoms with Crippen LogP contribution in [0.1, 0.15) is 58.3 Å². The van der Waals surface area contributed by atoms with Crippen molar-refractivity contribution in [1.29, 1.82) is 0 Å². The van der Waals surface area contributed by atoms with E-state index in [4.69, 9.17) is 0 Å². The Labute approximate surface area is 157 Å². The molecule has 1 aliphatic carbocycles. The number of aliphatic hydroxyl groups excluding tert-OH is 1. The summed E-state index contributed by atoms with van der Waals surface area (Å²) in [5.74, 6) is 0.547. The summed E-state index contributed by atoms with van der Waals surface area (Å²) in [6.45, 7) is 6.46. The summed E-state index contributed by atoms with van der Waals surface area (Å²) in [4.78, 5) is 31.3. The lowest BCUT2D eigenvalue weighted by atomic mass is 9.84. The van der Waals surface area contributed by atoms with Gasteiger partial charge in [-0.1, -0.05) is 12.8 Å². The van der Waals surface area contributed by atoms with Crippen LogP contribution < -0.4 is 0 Å². The highest BCUT2D eigenvalue weighted by molar-refractivity contribution is 5.79. The van der Waals surface area contributed by atoms with Gasteiger partial charge in [-0.15, -0.1) is 0 Å². The van der Waals surface area contributed by atoms with Gasteiger partial charge in [-0.05, 0) is 44.9 Å². The monoisotopic (exact) mass is 365 g/mol. The van der Waals surface area contributed by atoms with Crippen LogP contribution in [-0.2, 0) is 9.59 Å². The van der Waals surface area contributed by atoms with Gasteiger partial charge in [0.1, 0.15) is 0 Å². The van der Waals surface area contributed by atoms with E-state index in [0.717, 1.165) is 58.2 Å². The Hall–Kier alpha value is -1.14. The SMILES string of the molecule is CC1CCCCN1C(=O)CN1CCN(C(=O)C[C@@H]2CCCC[C@H]2O)CC1. The van der Waals surface area contributed by atoms with Crippen molar-refractivity contribution in [2.24, 2.45) is 5.92 Å². The van der Waals surface area contributed by atoms with Gasteiger partial charge in [0, 0.05) is 45.2 Å². The Morgan fingerprint density at radius 3 is 2.27 bits per heavy atom. The third-order valence-electron chi connectivity index (χ3n) is 6.51. The lowest BCUT2D eigenvalue weighted by Gasteiger charge is -2.38. The number of piperidine rings is 1. The summed E-state index contributed by atoms with van der Waals surface area (Å²) in [5.41, 5.74) is 0. The van der Waals surface area contributed by atoms with E-state index in [2.05, 4.69) is 11.8 Å². The fourth-order valence-corrected chi connectivity index (χ4v) is 4.69. The third kappa shape index (κ3) is 4.97. The first-order chi connectivity index (χ1) is 12.5. The van der Waals surface area contributed by atoms with Crippen LogP contribution in [0.3, 0.4) is 0 Å². The lowest BCUT2D eigenvalue weighted by molar-refractivity contribution is -0.138. The van der Waals surface area contributed by atoms with Crippen molar-refractivity contribution >= 4 is 11.8 Å². The molecule has 2 aliphatic heterocycles. The maximum Gasteiger partial charge on any atom is 0.236 e. The Kier molecular flexibility index (Phi) is 6.92. The first-order valence-electron chi connectivity index (χ1n) is 10.5. The first-order valence-corrected chi connectivity index (χ1v) is 10.5. The molecular formula is C20H35N3O3. The molecule has 0 aromatic carbocycles. The normalized spacial score (nSPS) is 31.1. The van der Waals surface area contributed by atoms with Crippen LogP contribution in [0.5, 0.6) is 0 Å². The van der Waals surface area contributed by atoms with E-state index >= 15 is 0 Å². The molecule has 1 unspecified atom stereocenters. The Balaban J connectivity index is 1.40. The number of aliphatic hydroxyl groups is 1. The van der Waals surface area contributed by atoms with Gasteiger partial charge in [-0.2, -0.15) is 0 Å². The van der Waals surface area contributed by atoms with Crippen LogP contribution in [0.2, 0.25) is 0 Å². The molecule has 3 rings (SSSR count). The number of hydrogen-bond donors (Lipinski definition) is 1. The second-order valence-electron chi connectivity index (χ2n) is 8.40. The van der Waals surface area contributed by atoms with Crippen LogP contribution in [0.25, 0.3) is 0 Å². The molecule has 0 aromatic heterocycles. The molecule has 3 aliphatic rings. The number of nitrogens with zero attached hydrogens (tertiary/aromatic N) is 3. The summed E-state index contributed by atoms with van der Waals surface area (Å²) < 4.78 is 0. The predicted molar refractivity (Wildman–Crippen MR) is 101 cm³/mol. The Morgan fingerprint density at radius 2 is 1.58 bits per heavy atom. The molecule has 0 bridgehead atoms. The number of carbonyl (C=O) groups is 2. The summed E-state index contributed by atoms with van der Waals surface area (Å²) in [7, 11) is 0. The smallest absolute Gasteiger partial charge is 0.236 e. The quantitative estimate of drug-likeness (QED) is 0.819. The molecule has 6 nitrogen and oxygen atoms in total. The van der Waals surface area contributed by atoms with Crippen molar-refractivity contribution in [3.05, 3.63) is 0 Å². The van der Waals surface area contributed by atoms with E-state index in [0.29, 0.717) is 32.1 Å². The molecule has 2 amide bonds. The number of hydrogen-bond acceptors (Lipinski definition) is 4. The van der Waals surface area contributed by atoms with E-state index in [1.165, 1.54) is 6.42 Å². The second kappa shape index (κ2) is 9.18. The number of rotatable bonds is 4. The van der Waals surface area contributed by atoms with E-state index in [1.54, 1.807) is 0 Å². The van der Waals surface area contributed by atoms with Crippen LogP contribution >= 0.6 is 0 Å². The average molecular weight is 366 g/mol. The highest BCUT2D eigenvalue weighted by atomic mass is 16.3. The number of likely N-dealkylation sites (tertiary alicyclic amines) is 1. The Bertz CT molecular complexity index is 491. The molecule has 2 saturated heterocycles. The van der Waals surface area contributed by atoms with Crippen molar-refractivity contribution < 1.29 is 14.7 Å². The van der Waals surface area contributed by atoms with Gasteiger partial charge in [0.2, 0.25) is 11.8 Å². The molecule has 2 heterocycles. The maximum atomic E-state index is 12.6. The minimum absolute atomic E-state index is 0.136. The third-order valence-corrected chi connectivity index (χ3v) is 6.51. The van der Waals surface area contributed by atoms with Crippen molar-refractivity contribution in [1.82, 2.24) is 14.7 Å². The van der Waals surface area contributed by atoms with E-state index in [9.17, 15) is 14.7 Å². The largest absolute Gasteiger partial charge is 0.393 e. The van der Waals surface area contributed by atoms with E-state index in [-0.39, 0.29) is 23.8 Å². The highest BCUT2D eigenvalue weighted by Gasteiger charge is 2.30. The van der Waals surface area contributed by atoms with E-state index in [1.807, 2.05) is 9.80 Å². The topological polar surface area (TPSA) is 64.1 Å². The molecule has 3 atom stereocenters. The number of carbonyl (C=O) groups excluding carboxylic acids is 2. The van der Waals surface area contributed by atoms with Crippen molar-refractivity contribution in [2.45, 2.75) is 70.4 Å². The zero-order chi connectivity index (χ0) is 18.5. The lowest BCUT2D eigenvalue weighted by Crippen LogP contribution is -2.53. The van der Waals surface area contributed by atoms with Gasteiger partial charge in [-0.3, -0.25) is 14.5 Å². The molecule has 1 saturated carbocycles. The standard InChI is InChI=1S/C20H35N3O3/c1-16-6-4-5-9-23(16)20(26)15-21-10-12-22(13-11-21)19(25)14-17-7-2-3-8-18(17)24/h16-18,24H,2-15H2,1H3/t16?,17-,18+/m0/s1. The second-order valence-corrected chi connectivity index (χ2v) is 8.40. The molecular weight excluding hydrogens is 330 g/mol. The minimum Gasteiger partial charge on any atom is -0.393 e. The molecule has 6 heteroatoms. The molecule has 0 radical (unpaired) electrons.